The van der Waals surface area contributed by atoms with Crippen molar-refractivity contribution in [3.63, 3.8) is 0 Å². The number of nitrogens with zero attached hydrogens (tertiary/aromatic N) is 3. The van der Waals surface area contributed by atoms with E-state index in [9.17, 15) is 13.2 Å². The summed E-state index contributed by atoms with van der Waals surface area (Å²) in [4.78, 5) is 0. The monoisotopic (exact) mass is 291 g/mol. The molecule has 0 saturated heterocycles. The summed E-state index contributed by atoms with van der Waals surface area (Å²) in [5.74, 6) is 0. The fourth-order valence-corrected chi connectivity index (χ4v) is 2.36. The first-order chi connectivity index (χ1) is 9.97. The van der Waals surface area contributed by atoms with Gasteiger partial charge in [0, 0.05) is 11.8 Å². The minimum atomic E-state index is -4.47. The van der Waals surface area contributed by atoms with Gasteiger partial charge in [-0.3, -0.25) is 4.68 Å². The highest BCUT2D eigenvalue weighted by Crippen LogP contribution is 2.35. The second kappa shape index (κ2) is 4.92. The van der Waals surface area contributed by atoms with Gasteiger partial charge in [-0.15, -0.1) is 0 Å². The van der Waals surface area contributed by atoms with Crippen LogP contribution in [0.3, 0.4) is 0 Å². The van der Waals surface area contributed by atoms with Gasteiger partial charge in [0.2, 0.25) is 0 Å². The molecule has 1 saturated carbocycles. The van der Waals surface area contributed by atoms with E-state index in [1.165, 1.54) is 6.07 Å². The Kier molecular flexibility index (Phi) is 3.20. The summed E-state index contributed by atoms with van der Waals surface area (Å²) < 4.78 is 40.4. The Morgan fingerprint density at radius 1 is 1.19 bits per heavy atom. The average Bonchev–Trinajstić information content (AvgIpc) is 2.84. The van der Waals surface area contributed by atoms with Crippen molar-refractivity contribution in [1.82, 2.24) is 9.78 Å². The molecule has 0 N–H and O–H groups in total. The molecule has 1 fully saturated rings. The molecule has 1 aromatic carbocycles. The van der Waals surface area contributed by atoms with Crippen LogP contribution in [0.5, 0.6) is 0 Å². The Labute approximate surface area is 119 Å². The van der Waals surface area contributed by atoms with Gasteiger partial charge in [0.05, 0.1) is 29.4 Å². The predicted octanol–water partition coefficient (Wildman–Crippen LogP) is 4.17. The fraction of sp³-hybridized carbons (Fsp3) is 0.333. The molecule has 1 aliphatic carbocycles. The van der Waals surface area contributed by atoms with Crippen molar-refractivity contribution in [1.29, 1.82) is 5.26 Å². The first-order valence-electron chi connectivity index (χ1n) is 6.64. The maximum absolute atomic E-state index is 12.9. The van der Waals surface area contributed by atoms with Crippen LogP contribution in [-0.4, -0.2) is 9.78 Å². The fourth-order valence-electron chi connectivity index (χ4n) is 2.36. The standard InChI is InChI=1S/C15H12F3N3/c16-15(17,18)13-5-10(7-19)4-11(6-13)12-8-20-21(9-12)14-2-1-3-14/h4-6,8-9,14H,1-3H2. The summed E-state index contributed by atoms with van der Waals surface area (Å²) in [7, 11) is 0. The normalized spacial score (nSPS) is 15.5. The molecule has 0 aliphatic heterocycles. The van der Waals surface area contributed by atoms with Gasteiger partial charge in [-0.05, 0) is 43.0 Å². The Morgan fingerprint density at radius 2 is 1.95 bits per heavy atom. The van der Waals surface area contributed by atoms with Gasteiger partial charge in [-0.1, -0.05) is 0 Å². The number of rotatable bonds is 2. The van der Waals surface area contributed by atoms with Gasteiger partial charge >= 0.3 is 6.18 Å². The highest BCUT2D eigenvalue weighted by atomic mass is 19.4. The molecular weight excluding hydrogens is 279 g/mol. The molecular formula is C15H12F3N3. The van der Waals surface area contributed by atoms with Crippen LogP contribution in [0.2, 0.25) is 0 Å². The second-order valence-electron chi connectivity index (χ2n) is 5.20. The zero-order chi connectivity index (χ0) is 15.0. The largest absolute Gasteiger partial charge is 0.416 e. The molecule has 1 aromatic heterocycles. The molecule has 3 rings (SSSR count). The first kappa shape index (κ1) is 13.7. The third kappa shape index (κ3) is 2.64. The van der Waals surface area contributed by atoms with Crippen LogP contribution in [-0.2, 0) is 6.18 Å². The van der Waals surface area contributed by atoms with E-state index in [4.69, 9.17) is 5.26 Å². The van der Waals surface area contributed by atoms with Crippen LogP contribution in [0.1, 0.15) is 36.4 Å². The van der Waals surface area contributed by atoms with Gasteiger partial charge in [0.1, 0.15) is 0 Å². The lowest BCUT2D eigenvalue weighted by molar-refractivity contribution is -0.137. The summed E-state index contributed by atoms with van der Waals surface area (Å²) in [6.07, 6.45) is 2.09. The molecule has 1 heterocycles. The van der Waals surface area contributed by atoms with E-state index in [-0.39, 0.29) is 5.56 Å². The molecule has 2 aromatic rings. The van der Waals surface area contributed by atoms with Crippen molar-refractivity contribution < 1.29 is 13.2 Å². The molecule has 6 heteroatoms. The third-order valence-corrected chi connectivity index (χ3v) is 3.77. The van der Waals surface area contributed by atoms with E-state index in [1.54, 1.807) is 23.1 Å². The van der Waals surface area contributed by atoms with E-state index < -0.39 is 11.7 Å². The van der Waals surface area contributed by atoms with Crippen molar-refractivity contribution in [2.24, 2.45) is 0 Å². The van der Waals surface area contributed by atoms with Crippen LogP contribution < -0.4 is 0 Å². The minimum absolute atomic E-state index is 0.00350. The lowest BCUT2D eigenvalue weighted by Gasteiger charge is -2.25. The van der Waals surface area contributed by atoms with Crippen molar-refractivity contribution in [3.8, 4) is 17.2 Å². The molecule has 0 atom stereocenters. The van der Waals surface area contributed by atoms with Crippen molar-refractivity contribution in [2.45, 2.75) is 31.5 Å². The Bertz CT molecular complexity index is 706. The molecule has 0 bridgehead atoms. The van der Waals surface area contributed by atoms with E-state index in [2.05, 4.69) is 5.10 Å². The van der Waals surface area contributed by atoms with Crippen molar-refractivity contribution in [3.05, 3.63) is 41.7 Å². The van der Waals surface area contributed by atoms with Crippen LogP contribution in [0.15, 0.2) is 30.6 Å². The number of aromatic nitrogens is 2. The number of benzene rings is 1. The molecule has 0 amide bonds. The molecule has 1 aliphatic rings. The Morgan fingerprint density at radius 3 is 2.52 bits per heavy atom. The predicted molar refractivity (Wildman–Crippen MR) is 70.3 cm³/mol. The van der Waals surface area contributed by atoms with E-state index in [0.717, 1.165) is 31.4 Å². The molecule has 0 spiro atoms. The second-order valence-corrected chi connectivity index (χ2v) is 5.20. The maximum atomic E-state index is 12.9. The average molecular weight is 291 g/mol. The summed E-state index contributed by atoms with van der Waals surface area (Å²) in [5.41, 5.74) is 0.153. The van der Waals surface area contributed by atoms with Crippen molar-refractivity contribution in [2.75, 3.05) is 0 Å². The van der Waals surface area contributed by atoms with Crippen LogP contribution in [0.25, 0.3) is 11.1 Å². The lowest BCUT2D eigenvalue weighted by atomic mass is 9.93. The van der Waals surface area contributed by atoms with Crippen molar-refractivity contribution >= 4 is 0 Å². The molecule has 108 valence electrons. The van der Waals surface area contributed by atoms with Gasteiger partial charge in [-0.2, -0.15) is 23.5 Å². The molecule has 3 nitrogen and oxygen atoms in total. The highest BCUT2D eigenvalue weighted by Gasteiger charge is 2.31. The topological polar surface area (TPSA) is 41.6 Å². The summed E-state index contributed by atoms with van der Waals surface area (Å²) in [6, 6.07) is 5.50. The highest BCUT2D eigenvalue weighted by molar-refractivity contribution is 5.65. The zero-order valence-corrected chi connectivity index (χ0v) is 11.1. The Hall–Kier alpha value is -2.29. The summed E-state index contributed by atoms with van der Waals surface area (Å²) >= 11 is 0. The SMILES string of the molecule is N#Cc1cc(-c2cnn(C3CCC3)c2)cc(C(F)(F)F)c1. The zero-order valence-electron chi connectivity index (χ0n) is 11.1. The van der Waals surface area contributed by atoms with E-state index >= 15 is 0 Å². The van der Waals surface area contributed by atoms with E-state index in [0.29, 0.717) is 17.2 Å². The van der Waals surface area contributed by atoms with Crippen LogP contribution in [0, 0.1) is 11.3 Å². The number of nitriles is 1. The van der Waals surface area contributed by atoms with Gasteiger partial charge in [-0.25, -0.2) is 0 Å². The van der Waals surface area contributed by atoms with Crippen LogP contribution in [0.4, 0.5) is 13.2 Å². The first-order valence-corrected chi connectivity index (χ1v) is 6.64. The minimum Gasteiger partial charge on any atom is -0.269 e. The molecule has 0 unspecified atom stereocenters. The number of alkyl halides is 3. The number of hydrogen-bond acceptors (Lipinski definition) is 2. The lowest BCUT2D eigenvalue weighted by Crippen LogP contribution is -2.16. The van der Waals surface area contributed by atoms with Gasteiger partial charge in [0.25, 0.3) is 0 Å². The molecule has 0 radical (unpaired) electrons. The summed E-state index contributed by atoms with van der Waals surface area (Å²) in [5, 5.41) is 13.1. The summed E-state index contributed by atoms with van der Waals surface area (Å²) in [6.45, 7) is 0. The maximum Gasteiger partial charge on any atom is 0.416 e. The van der Waals surface area contributed by atoms with E-state index in [1.807, 2.05) is 0 Å². The molecule has 21 heavy (non-hydrogen) atoms. The van der Waals surface area contributed by atoms with Gasteiger partial charge < -0.3 is 0 Å². The third-order valence-electron chi connectivity index (χ3n) is 3.77. The smallest absolute Gasteiger partial charge is 0.269 e. The van der Waals surface area contributed by atoms with Crippen LogP contribution >= 0.6 is 0 Å². The number of halogens is 3. The van der Waals surface area contributed by atoms with Gasteiger partial charge in [0.15, 0.2) is 0 Å². The quantitative estimate of drug-likeness (QED) is 0.833. The Balaban J connectivity index is 2.01. The number of hydrogen-bond donors (Lipinski definition) is 0.